The van der Waals surface area contributed by atoms with Gasteiger partial charge in [0.15, 0.2) is 0 Å². The molecule has 1 aliphatic carbocycles. The lowest BCUT2D eigenvalue weighted by molar-refractivity contribution is -0.165. The lowest BCUT2D eigenvalue weighted by Crippen LogP contribution is -2.46. The summed E-state index contributed by atoms with van der Waals surface area (Å²) in [4.78, 5) is 0. The van der Waals surface area contributed by atoms with Gasteiger partial charge in [0.2, 0.25) is 0 Å². The van der Waals surface area contributed by atoms with Gasteiger partial charge in [-0.2, -0.15) is 13.2 Å². The molecular weight excluding hydrogens is 259 g/mol. The van der Waals surface area contributed by atoms with Crippen LogP contribution in [0, 0.1) is 0 Å². The highest BCUT2D eigenvalue weighted by molar-refractivity contribution is 5.31. The molecule has 0 atom stereocenters. The second kappa shape index (κ2) is 5.28. The van der Waals surface area contributed by atoms with Crippen molar-refractivity contribution >= 4 is 0 Å². The number of hydrogen-bond acceptors (Lipinski definition) is 3. The van der Waals surface area contributed by atoms with Crippen LogP contribution in [-0.4, -0.2) is 32.0 Å². The van der Waals surface area contributed by atoms with E-state index in [4.69, 9.17) is 9.47 Å². The van der Waals surface area contributed by atoms with Gasteiger partial charge in [-0.1, -0.05) is 0 Å². The van der Waals surface area contributed by atoms with Crippen molar-refractivity contribution in [2.75, 3.05) is 20.3 Å². The van der Waals surface area contributed by atoms with E-state index in [1.165, 1.54) is 0 Å². The third-order valence-corrected chi connectivity index (χ3v) is 3.19. The summed E-state index contributed by atoms with van der Waals surface area (Å²) in [7, 11) is 1.56. The van der Waals surface area contributed by atoms with Crippen molar-refractivity contribution in [1.82, 2.24) is 5.32 Å². The van der Waals surface area contributed by atoms with Crippen molar-refractivity contribution in [2.24, 2.45) is 0 Å². The molecule has 1 aromatic carbocycles. The fourth-order valence-electron chi connectivity index (χ4n) is 1.82. The van der Waals surface area contributed by atoms with Gasteiger partial charge in [0.05, 0.1) is 7.11 Å². The molecule has 3 nitrogen and oxygen atoms in total. The van der Waals surface area contributed by atoms with Gasteiger partial charge in [-0.3, -0.25) is 0 Å². The Balaban J connectivity index is 1.72. The summed E-state index contributed by atoms with van der Waals surface area (Å²) in [5.41, 5.74) is -1.67. The van der Waals surface area contributed by atoms with Crippen molar-refractivity contribution in [1.29, 1.82) is 0 Å². The third kappa shape index (κ3) is 3.32. The lowest BCUT2D eigenvalue weighted by Gasteiger charge is -2.20. The number of halogens is 3. The molecule has 0 aromatic heterocycles. The van der Waals surface area contributed by atoms with Gasteiger partial charge in [-0.15, -0.1) is 0 Å². The first kappa shape index (κ1) is 14.0. The van der Waals surface area contributed by atoms with E-state index < -0.39 is 11.7 Å². The molecular formula is C13H16F3NO2. The molecule has 1 saturated carbocycles. The van der Waals surface area contributed by atoms with E-state index in [1.54, 1.807) is 31.4 Å². The second-order valence-corrected chi connectivity index (χ2v) is 4.53. The van der Waals surface area contributed by atoms with Crippen molar-refractivity contribution in [3.8, 4) is 11.5 Å². The zero-order valence-electron chi connectivity index (χ0n) is 10.6. The van der Waals surface area contributed by atoms with Crippen LogP contribution in [-0.2, 0) is 0 Å². The Morgan fingerprint density at radius 1 is 1.16 bits per heavy atom. The van der Waals surface area contributed by atoms with Crippen LogP contribution >= 0.6 is 0 Å². The van der Waals surface area contributed by atoms with Gasteiger partial charge in [0.25, 0.3) is 0 Å². The molecule has 1 aromatic rings. The van der Waals surface area contributed by atoms with Crippen LogP contribution in [0.3, 0.4) is 0 Å². The number of nitrogens with one attached hydrogen (secondary N) is 1. The topological polar surface area (TPSA) is 30.5 Å². The third-order valence-electron chi connectivity index (χ3n) is 3.19. The standard InChI is InChI=1S/C13H16F3NO2/c1-18-10-2-4-11(5-3-10)19-9-8-17-12(6-7-12)13(14,15)16/h2-5,17H,6-9H2,1H3. The molecule has 106 valence electrons. The van der Waals surface area contributed by atoms with Crippen LogP contribution in [0.2, 0.25) is 0 Å². The monoisotopic (exact) mass is 275 g/mol. The van der Waals surface area contributed by atoms with Crippen molar-refractivity contribution in [2.45, 2.75) is 24.6 Å². The van der Waals surface area contributed by atoms with Crippen LogP contribution in [0.4, 0.5) is 13.2 Å². The Labute approximate surface area is 109 Å². The minimum absolute atomic E-state index is 0.152. The Morgan fingerprint density at radius 3 is 2.21 bits per heavy atom. The summed E-state index contributed by atoms with van der Waals surface area (Å²) in [6, 6.07) is 6.91. The quantitative estimate of drug-likeness (QED) is 0.810. The summed E-state index contributed by atoms with van der Waals surface area (Å²) in [5, 5.41) is 2.53. The molecule has 1 aliphatic rings. The van der Waals surface area contributed by atoms with E-state index in [1.807, 2.05) is 0 Å². The van der Waals surface area contributed by atoms with E-state index >= 15 is 0 Å². The maximum atomic E-state index is 12.6. The van der Waals surface area contributed by atoms with Crippen molar-refractivity contribution < 1.29 is 22.6 Å². The van der Waals surface area contributed by atoms with E-state index in [0.717, 1.165) is 0 Å². The van der Waals surface area contributed by atoms with Crippen LogP contribution < -0.4 is 14.8 Å². The molecule has 19 heavy (non-hydrogen) atoms. The summed E-state index contributed by atoms with van der Waals surface area (Å²) in [5.74, 6) is 1.32. The average Bonchev–Trinajstić information content (AvgIpc) is 3.16. The SMILES string of the molecule is COc1ccc(OCCNC2(C(F)(F)F)CC2)cc1. The summed E-state index contributed by atoms with van der Waals surface area (Å²) in [6.07, 6.45) is -3.87. The molecule has 2 rings (SSSR count). The molecule has 1 fully saturated rings. The Hall–Kier alpha value is -1.43. The number of benzene rings is 1. The lowest BCUT2D eigenvalue weighted by atomic mass is 10.2. The molecule has 0 bridgehead atoms. The largest absolute Gasteiger partial charge is 0.497 e. The number of methoxy groups -OCH3 is 1. The highest BCUT2D eigenvalue weighted by Gasteiger charge is 2.62. The molecule has 0 radical (unpaired) electrons. The smallest absolute Gasteiger partial charge is 0.406 e. The minimum Gasteiger partial charge on any atom is -0.497 e. The number of ether oxygens (including phenoxy) is 2. The highest BCUT2D eigenvalue weighted by Crippen LogP contribution is 2.48. The van der Waals surface area contributed by atoms with E-state index in [2.05, 4.69) is 5.32 Å². The molecule has 1 N–H and O–H groups in total. The predicted octanol–water partition coefficient (Wildman–Crippen LogP) is 2.76. The van der Waals surface area contributed by atoms with Crippen LogP contribution in [0.5, 0.6) is 11.5 Å². The number of hydrogen-bond donors (Lipinski definition) is 1. The fourth-order valence-corrected chi connectivity index (χ4v) is 1.82. The zero-order valence-corrected chi connectivity index (χ0v) is 10.6. The molecule has 0 aliphatic heterocycles. The first-order valence-corrected chi connectivity index (χ1v) is 6.05. The normalized spacial score (nSPS) is 17.1. The number of alkyl halides is 3. The second-order valence-electron chi connectivity index (χ2n) is 4.53. The maximum Gasteiger partial charge on any atom is 0.406 e. The van der Waals surface area contributed by atoms with Gasteiger partial charge in [-0.25, -0.2) is 0 Å². The molecule has 0 unspecified atom stereocenters. The Bertz CT molecular complexity index is 413. The first-order chi connectivity index (χ1) is 8.97. The predicted molar refractivity (Wildman–Crippen MR) is 64.5 cm³/mol. The van der Waals surface area contributed by atoms with Crippen LogP contribution in [0.1, 0.15) is 12.8 Å². The average molecular weight is 275 g/mol. The molecule has 0 amide bonds. The summed E-state index contributed by atoms with van der Waals surface area (Å²) in [6.45, 7) is 0.371. The molecule has 0 heterocycles. The summed E-state index contributed by atoms with van der Waals surface area (Å²) >= 11 is 0. The fraction of sp³-hybridized carbons (Fsp3) is 0.538. The van der Waals surface area contributed by atoms with Crippen LogP contribution in [0.15, 0.2) is 24.3 Å². The van der Waals surface area contributed by atoms with Gasteiger partial charge in [0.1, 0.15) is 23.6 Å². The molecule has 6 heteroatoms. The highest BCUT2D eigenvalue weighted by atomic mass is 19.4. The van der Waals surface area contributed by atoms with Gasteiger partial charge >= 0.3 is 6.18 Å². The first-order valence-electron chi connectivity index (χ1n) is 6.05. The maximum absolute atomic E-state index is 12.6. The molecule has 0 saturated heterocycles. The van der Waals surface area contributed by atoms with Gasteiger partial charge in [0, 0.05) is 6.54 Å². The van der Waals surface area contributed by atoms with E-state index in [9.17, 15) is 13.2 Å². The summed E-state index contributed by atoms with van der Waals surface area (Å²) < 4.78 is 48.2. The minimum atomic E-state index is -4.17. The van der Waals surface area contributed by atoms with Crippen LogP contribution in [0.25, 0.3) is 0 Å². The van der Waals surface area contributed by atoms with Crippen molar-refractivity contribution in [3.63, 3.8) is 0 Å². The zero-order chi connectivity index (χ0) is 13.9. The van der Waals surface area contributed by atoms with Gasteiger partial charge < -0.3 is 14.8 Å². The Kier molecular flexibility index (Phi) is 3.89. The number of rotatable bonds is 6. The van der Waals surface area contributed by atoms with Gasteiger partial charge in [-0.05, 0) is 37.1 Å². The van der Waals surface area contributed by atoms with E-state index in [-0.39, 0.29) is 26.0 Å². The van der Waals surface area contributed by atoms with E-state index in [0.29, 0.717) is 11.5 Å². The Morgan fingerprint density at radius 2 is 1.74 bits per heavy atom. The van der Waals surface area contributed by atoms with Crippen molar-refractivity contribution in [3.05, 3.63) is 24.3 Å². The molecule has 0 spiro atoms.